The summed E-state index contributed by atoms with van der Waals surface area (Å²) in [6.07, 6.45) is 4.29. The number of hydrogen-bond acceptors (Lipinski definition) is 11. The summed E-state index contributed by atoms with van der Waals surface area (Å²) in [4.78, 5) is 48.9. The summed E-state index contributed by atoms with van der Waals surface area (Å²) in [6.45, 7) is -0.180. The first-order valence-corrected chi connectivity index (χ1v) is 11.3. The van der Waals surface area contributed by atoms with E-state index in [-0.39, 0.29) is 48.6 Å². The highest BCUT2D eigenvalue weighted by molar-refractivity contribution is 8.01. The van der Waals surface area contributed by atoms with Gasteiger partial charge >= 0.3 is 0 Å². The Labute approximate surface area is 203 Å². The lowest BCUT2D eigenvalue weighted by Crippen LogP contribution is -2.60. The minimum atomic E-state index is -1.55. The maximum absolute atomic E-state index is 13.2. The number of anilines is 2. The number of carboxylic acid groups (broad SMARTS) is 1. The van der Waals surface area contributed by atoms with Crippen LogP contribution in [0, 0.1) is 0 Å². The zero-order chi connectivity index (χ0) is 25.3. The van der Waals surface area contributed by atoms with Crippen LogP contribution in [-0.2, 0) is 39.4 Å². The number of aliphatic carboxylic acids is 1. The lowest BCUT2D eigenvalue weighted by molar-refractivity contribution is -0.689. The second-order valence-electron chi connectivity index (χ2n) is 7.63. The van der Waals surface area contributed by atoms with E-state index in [1.54, 1.807) is 36.1 Å². The van der Waals surface area contributed by atoms with Gasteiger partial charge in [0.15, 0.2) is 18.9 Å². The van der Waals surface area contributed by atoms with Gasteiger partial charge in [-0.15, -0.1) is 16.9 Å². The molecule has 2 amide bonds. The maximum Gasteiger partial charge on any atom is 0.276 e. The van der Waals surface area contributed by atoms with Crippen LogP contribution in [0.25, 0.3) is 0 Å². The minimum Gasteiger partial charge on any atom is -0.543 e. The van der Waals surface area contributed by atoms with Crippen LogP contribution in [-0.4, -0.2) is 66.6 Å². The van der Waals surface area contributed by atoms with E-state index in [9.17, 15) is 24.6 Å². The number of fused-ring (bicyclic) bond motifs is 1. The molecule has 15 heteroatoms. The fraction of sp³-hybridized carbons (Fsp3) is 0.350. The zero-order valence-electron chi connectivity index (χ0n) is 18.8. The van der Waals surface area contributed by atoms with Gasteiger partial charge in [-0.25, -0.2) is 9.25 Å². The Morgan fingerprint density at radius 1 is 1.46 bits per heavy atom. The molecule has 1 unspecified atom stereocenters. The monoisotopic (exact) mass is 502 g/mol. The average molecular weight is 503 g/mol. The maximum atomic E-state index is 13.2. The Morgan fingerprint density at radius 2 is 2.17 bits per heavy atom. The first-order valence-electron chi connectivity index (χ1n) is 10.3. The number of aliphatic hydroxyl groups is 1. The molecular weight excluding hydrogens is 480 g/mol. The van der Waals surface area contributed by atoms with Crippen molar-refractivity contribution in [3.05, 3.63) is 41.4 Å². The smallest absolute Gasteiger partial charge is 0.276 e. The predicted molar refractivity (Wildman–Crippen MR) is 120 cm³/mol. The van der Waals surface area contributed by atoms with Crippen LogP contribution in [0.4, 0.5) is 11.9 Å². The van der Waals surface area contributed by atoms with Gasteiger partial charge in [-0.1, -0.05) is 5.16 Å². The van der Waals surface area contributed by atoms with Crippen molar-refractivity contribution in [2.75, 3.05) is 17.7 Å². The average Bonchev–Trinajstić information content (AvgIpc) is 3.16. The summed E-state index contributed by atoms with van der Waals surface area (Å²) in [7, 11) is 2.81. The molecule has 1 fully saturated rings. The van der Waals surface area contributed by atoms with E-state index >= 15 is 0 Å². The highest BCUT2D eigenvalue weighted by Gasteiger charge is 2.50. The summed E-state index contributed by atoms with van der Waals surface area (Å²) >= 11 is 1.20. The van der Waals surface area contributed by atoms with Gasteiger partial charge in [0, 0.05) is 19.2 Å². The van der Waals surface area contributed by atoms with Crippen molar-refractivity contribution in [3.8, 4) is 0 Å². The molecule has 4 heterocycles. The molecule has 0 radical (unpaired) electrons. The second-order valence-corrected chi connectivity index (χ2v) is 8.89. The van der Waals surface area contributed by atoms with Crippen LogP contribution >= 0.6 is 11.8 Å². The molecule has 0 spiro atoms. The van der Waals surface area contributed by atoms with Gasteiger partial charge in [0.25, 0.3) is 11.9 Å². The number of oxime groups is 1. The Bertz CT molecular complexity index is 1210. The number of β-lactam (4-membered cyclic amide) rings is 1. The minimum absolute atomic E-state index is 0.0172. The third-order valence-corrected chi connectivity index (χ3v) is 6.91. The topological polar surface area (TPSA) is 183 Å². The van der Waals surface area contributed by atoms with Crippen molar-refractivity contribution in [3.63, 3.8) is 0 Å². The number of nitrogen functional groups attached to an aromatic ring is 1. The molecule has 0 aromatic carbocycles. The van der Waals surface area contributed by atoms with Crippen molar-refractivity contribution in [2.45, 2.75) is 30.3 Å². The van der Waals surface area contributed by atoms with Crippen LogP contribution in [0.5, 0.6) is 0 Å². The van der Waals surface area contributed by atoms with Crippen LogP contribution in [0.1, 0.15) is 12.0 Å². The number of carboxylic acids is 1. The Balaban J connectivity index is 1.86. The van der Waals surface area contributed by atoms with Gasteiger partial charge in [0.05, 0.1) is 35.6 Å². The zero-order valence-corrected chi connectivity index (χ0v) is 19.6. The number of aliphatic hydroxyl groups excluding tert-OH is 1. The number of carbonyl (C=O) groups is 3. The number of carbonyl (C=O) groups excluding carboxylic acids is 3. The van der Waals surface area contributed by atoms with E-state index in [2.05, 4.69) is 20.1 Å². The number of aryl methyl sites for hydroxylation is 1. The van der Waals surface area contributed by atoms with Gasteiger partial charge in [-0.3, -0.25) is 19.4 Å². The molecule has 4 rings (SSSR count). The number of amides is 2. The van der Waals surface area contributed by atoms with E-state index < -0.39 is 22.6 Å². The molecule has 0 saturated carbocycles. The molecule has 2 aliphatic heterocycles. The van der Waals surface area contributed by atoms with Gasteiger partial charge in [0.1, 0.15) is 18.7 Å². The molecule has 1 saturated heterocycles. The number of rotatable bonds is 8. The highest BCUT2D eigenvalue weighted by atomic mass is 32.2. The molecule has 35 heavy (non-hydrogen) atoms. The number of hydrogen-bond donors (Lipinski definition) is 2. The molecule has 0 bridgehead atoms. The van der Waals surface area contributed by atoms with E-state index in [4.69, 9.17) is 5.73 Å². The van der Waals surface area contributed by atoms with E-state index in [1.165, 1.54) is 28.5 Å². The molecule has 3 N–H and O–H groups in total. The first kappa shape index (κ1) is 24.2. The highest BCUT2D eigenvalue weighted by Crippen LogP contribution is 2.45. The van der Waals surface area contributed by atoms with Gasteiger partial charge in [0.2, 0.25) is 11.9 Å². The van der Waals surface area contributed by atoms with Gasteiger partial charge in [-0.2, -0.15) is 4.98 Å². The quantitative estimate of drug-likeness (QED) is 0.169. The van der Waals surface area contributed by atoms with Crippen molar-refractivity contribution in [2.24, 2.45) is 12.2 Å². The number of nitrogens with two attached hydrogens (primary N) is 1. The van der Waals surface area contributed by atoms with Gasteiger partial charge < -0.3 is 25.6 Å². The van der Waals surface area contributed by atoms with Gasteiger partial charge in [-0.05, 0) is 5.56 Å². The van der Waals surface area contributed by atoms with E-state index in [0.29, 0.717) is 5.56 Å². The molecule has 14 nitrogen and oxygen atoms in total. The molecule has 2 atom stereocenters. The van der Waals surface area contributed by atoms with Crippen molar-refractivity contribution in [1.82, 2.24) is 19.7 Å². The molecular formula is C20H22N8O6S. The number of nitrogens with zero attached hydrogens (tertiary/aromatic N) is 7. The van der Waals surface area contributed by atoms with E-state index in [1.807, 2.05) is 0 Å². The van der Waals surface area contributed by atoms with Crippen molar-refractivity contribution in [1.29, 1.82) is 0 Å². The Hall–Kier alpha value is -3.98. The fourth-order valence-corrected chi connectivity index (χ4v) is 5.28. The standard InChI is InChI=1S/C20H22N8O6S/c1-25-19(21)23-20(24-25)28(14(31)8-22-34-2)17-12(9-26-5-3-11(10-29)4-6-26)16(18(32)33)27-13(30)7-15(27)35-17/h3-6,8,15,17,29H,7,9-10H2,1-2H3,(H2-,21,23,24,32,33)/t15-,17?/m0/s1. The fourth-order valence-electron chi connectivity index (χ4n) is 3.73. The Kier molecular flexibility index (Phi) is 6.70. The summed E-state index contributed by atoms with van der Waals surface area (Å²) in [5.41, 5.74) is 6.38. The number of thioether (sulfide) groups is 1. The van der Waals surface area contributed by atoms with Crippen LogP contribution in [0.15, 0.2) is 41.0 Å². The SMILES string of the molecule is CON=CC(=O)N(c1nc(N)n(C)n1)C1S[C@H]2CC(=O)N2C(C(=O)[O-])=C1C[n+]1ccc(CO)cc1. The molecule has 2 aromatic heterocycles. The molecule has 2 aromatic rings. The Morgan fingerprint density at radius 3 is 2.71 bits per heavy atom. The number of aromatic nitrogens is 4. The lowest BCUT2D eigenvalue weighted by atomic mass is 10.1. The third kappa shape index (κ3) is 4.54. The molecule has 0 aliphatic carbocycles. The number of pyridine rings is 1. The van der Waals surface area contributed by atoms with Crippen LogP contribution in [0.3, 0.4) is 0 Å². The summed E-state index contributed by atoms with van der Waals surface area (Å²) in [5, 5.41) is 27.8. The lowest BCUT2D eigenvalue weighted by Gasteiger charge is -2.49. The largest absolute Gasteiger partial charge is 0.543 e. The van der Waals surface area contributed by atoms with Crippen LogP contribution in [0.2, 0.25) is 0 Å². The van der Waals surface area contributed by atoms with Crippen molar-refractivity contribution < 1.29 is 34.0 Å². The summed E-state index contributed by atoms with van der Waals surface area (Å²) < 4.78 is 2.92. The molecule has 2 aliphatic rings. The normalized spacial score (nSPS) is 19.5. The second kappa shape index (κ2) is 9.71. The summed E-state index contributed by atoms with van der Waals surface area (Å²) in [5.74, 6) is -2.66. The van der Waals surface area contributed by atoms with E-state index in [0.717, 1.165) is 11.1 Å². The predicted octanol–water partition coefficient (Wildman–Crippen LogP) is -2.52. The first-order chi connectivity index (χ1) is 16.7. The third-order valence-electron chi connectivity index (χ3n) is 5.47. The van der Waals surface area contributed by atoms with Crippen LogP contribution < -0.4 is 20.3 Å². The van der Waals surface area contributed by atoms with Crippen molar-refractivity contribution >= 4 is 47.7 Å². The molecule has 184 valence electrons. The summed E-state index contributed by atoms with van der Waals surface area (Å²) in [6, 6.07) is 3.33.